The summed E-state index contributed by atoms with van der Waals surface area (Å²) < 4.78 is 15.3. The standard InChI is InChI=1S/C26H29BFN7O2/c1-14(31-12-26(6-7-26)13-34(3)25(37)15(2)36)22-21(27)23(29)35-24(33-22)19(11-32-35)17-8-16-9-18(28)4-5-20(16)30-10-17/h4-5,8-11,14-15,31,36H,6-7,12-13,29H2,1-3H3/t14?,15-/m0/s1. The predicted molar refractivity (Wildman–Crippen MR) is 141 cm³/mol. The highest BCUT2D eigenvalue weighted by Gasteiger charge is 2.44. The monoisotopic (exact) mass is 501 g/mol. The summed E-state index contributed by atoms with van der Waals surface area (Å²) >= 11 is 0. The van der Waals surface area contributed by atoms with Gasteiger partial charge in [0.1, 0.15) is 25.6 Å². The highest BCUT2D eigenvalue weighted by molar-refractivity contribution is 6.36. The van der Waals surface area contributed by atoms with Crippen LogP contribution in [0.4, 0.5) is 10.2 Å². The van der Waals surface area contributed by atoms with Crippen molar-refractivity contribution in [1.29, 1.82) is 0 Å². The maximum atomic E-state index is 13.8. The fourth-order valence-corrected chi connectivity index (χ4v) is 4.76. The van der Waals surface area contributed by atoms with Crippen LogP contribution in [0.15, 0.2) is 36.7 Å². The number of rotatable bonds is 8. The number of carbonyl (C=O) groups excluding carboxylic acids is 1. The van der Waals surface area contributed by atoms with Crippen LogP contribution in [0, 0.1) is 11.2 Å². The van der Waals surface area contributed by atoms with Crippen LogP contribution in [0.25, 0.3) is 27.7 Å². The van der Waals surface area contributed by atoms with Gasteiger partial charge in [-0.3, -0.25) is 9.78 Å². The molecule has 3 heterocycles. The van der Waals surface area contributed by atoms with Crippen molar-refractivity contribution in [3.05, 3.63) is 48.2 Å². The zero-order valence-corrected chi connectivity index (χ0v) is 21.1. The van der Waals surface area contributed by atoms with Crippen molar-refractivity contribution in [3.8, 4) is 11.1 Å². The number of aliphatic hydroxyl groups excluding tert-OH is 1. The number of aliphatic hydroxyl groups is 1. The third-order valence-corrected chi connectivity index (χ3v) is 7.16. The van der Waals surface area contributed by atoms with Gasteiger partial charge in [0.25, 0.3) is 5.91 Å². The number of carbonyl (C=O) groups is 1. The van der Waals surface area contributed by atoms with Gasteiger partial charge >= 0.3 is 0 Å². The molecule has 3 aromatic heterocycles. The second kappa shape index (κ2) is 9.39. The molecule has 2 atom stereocenters. The molecule has 1 aromatic carbocycles. The number of benzene rings is 1. The lowest BCUT2D eigenvalue weighted by Gasteiger charge is -2.27. The largest absolute Gasteiger partial charge is 0.384 e. The van der Waals surface area contributed by atoms with Crippen LogP contribution in [0.2, 0.25) is 0 Å². The van der Waals surface area contributed by atoms with Crippen molar-refractivity contribution >= 4 is 41.6 Å². The first-order valence-electron chi connectivity index (χ1n) is 12.2. The number of anilines is 1. The van der Waals surface area contributed by atoms with E-state index in [1.807, 2.05) is 13.0 Å². The van der Waals surface area contributed by atoms with Gasteiger partial charge in [-0.05, 0) is 56.4 Å². The fourth-order valence-electron chi connectivity index (χ4n) is 4.76. The quantitative estimate of drug-likeness (QED) is 0.315. The van der Waals surface area contributed by atoms with E-state index in [4.69, 9.17) is 18.6 Å². The summed E-state index contributed by atoms with van der Waals surface area (Å²) in [7, 11) is 8.09. The van der Waals surface area contributed by atoms with Gasteiger partial charge < -0.3 is 21.1 Å². The lowest BCUT2D eigenvalue weighted by Crippen LogP contribution is -2.42. The van der Waals surface area contributed by atoms with Crippen LogP contribution in [-0.4, -0.2) is 69.6 Å². The number of likely N-dealkylation sites (N-methyl/N-ethyl adjacent to an activating group) is 1. The van der Waals surface area contributed by atoms with E-state index >= 15 is 0 Å². The van der Waals surface area contributed by atoms with Gasteiger partial charge in [-0.25, -0.2) is 9.37 Å². The molecule has 1 saturated carbocycles. The zero-order chi connectivity index (χ0) is 26.5. The minimum Gasteiger partial charge on any atom is -0.384 e. The average molecular weight is 501 g/mol. The number of hydrogen-bond donors (Lipinski definition) is 3. The van der Waals surface area contributed by atoms with Crippen molar-refractivity contribution in [2.75, 3.05) is 25.9 Å². The second-order valence-electron chi connectivity index (χ2n) is 10.1. The first-order valence-corrected chi connectivity index (χ1v) is 12.2. The van der Waals surface area contributed by atoms with E-state index in [0.29, 0.717) is 46.4 Å². The molecule has 9 nitrogen and oxygen atoms in total. The normalized spacial score (nSPS) is 16.1. The molecule has 4 aromatic rings. The molecule has 0 saturated heterocycles. The summed E-state index contributed by atoms with van der Waals surface area (Å²) in [6, 6.07) is 6.07. The number of halogens is 1. The molecule has 1 aliphatic carbocycles. The number of nitrogens with two attached hydrogens (primary N) is 1. The topological polar surface area (TPSA) is 122 Å². The van der Waals surface area contributed by atoms with Crippen LogP contribution in [0.5, 0.6) is 0 Å². The van der Waals surface area contributed by atoms with Crippen molar-refractivity contribution < 1.29 is 14.3 Å². The summed E-state index contributed by atoms with van der Waals surface area (Å²) in [6.07, 6.45) is 4.30. The first-order chi connectivity index (χ1) is 17.6. The van der Waals surface area contributed by atoms with Crippen LogP contribution >= 0.6 is 0 Å². The number of fused-ring (bicyclic) bond motifs is 2. The van der Waals surface area contributed by atoms with Gasteiger partial charge in [0.15, 0.2) is 5.65 Å². The lowest BCUT2D eigenvalue weighted by molar-refractivity contribution is -0.138. The number of nitrogens with one attached hydrogen (secondary N) is 1. The minimum absolute atomic E-state index is 0.0498. The van der Waals surface area contributed by atoms with Crippen molar-refractivity contribution in [2.45, 2.75) is 38.8 Å². The molecule has 2 radical (unpaired) electrons. The maximum absolute atomic E-state index is 13.8. The van der Waals surface area contributed by atoms with Crippen LogP contribution < -0.4 is 16.5 Å². The number of aromatic nitrogens is 4. The van der Waals surface area contributed by atoms with Gasteiger partial charge in [-0.2, -0.15) is 9.61 Å². The molecule has 190 valence electrons. The molecule has 4 N–H and O–H groups in total. The Morgan fingerprint density at radius 3 is 2.78 bits per heavy atom. The Balaban J connectivity index is 1.41. The molecule has 0 aliphatic heterocycles. The number of nitrogens with zero attached hydrogens (tertiary/aromatic N) is 5. The summed E-state index contributed by atoms with van der Waals surface area (Å²) in [5.41, 5.74) is 9.89. The van der Waals surface area contributed by atoms with Gasteiger partial charge in [0.05, 0.1) is 17.4 Å². The molecule has 1 aliphatic rings. The molecular weight excluding hydrogens is 472 g/mol. The Kier molecular flexibility index (Phi) is 6.37. The number of hydrogen-bond acceptors (Lipinski definition) is 7. The average Bonchev–Trinajstić information content (AvgIpc) is 3.50. The van der Waals surface area contributed by atoms with E-state index in [1.165, 1.54) is 23.6 Å². The molecule has 37 heavy (non-hydrogen) atoms. The highest BCUT2D eigenvalue weighted by atomic mass is 19.1. The Bertz CT molecular complexity index is 1500. The molecule has 0 spiro atoms. The van der Waals surface area contributed by atoms with E-state index in [1.54, 1.807) is 30.4 Å². The van der Waals surface area contributed by atoms with E-state index in [-0.39, 0.29) is 29.0 Å². The Hall–Kier alpha value is -3.57. The molecule has 1 amide bonds. The lowest BCUT2D eigenvalue weighted by atomic mass is 9.91. The second-order valence-corrected chi connectivity index (χ2v) is 10.1. The molecular formula is C26H29BFN7O2. The molecule has 1 fully saturated rings. The third-order valence-electron chi connectivity index (χ3n) is 7.16. The summed E-state index contributed by atoms with van der Waals surface area (Å²) in [5.74, 6) is -0.343. The van der Waals surface area contributed by atoms with Gasteiger partial charge in [-0.1, -0.05) is 0 Å². The fraction of sp³-hybridized carbons (Fsp3) is 0.385. The molecule has 1 unspecified atom stereocenters. The smallest absolute Gasteiger partial charge is 0.250 e. The van der Waals surface area contributed by atoms with Crippen molar-refractivity contribution in [1.82, 2.24) is 29.8 Å². The maximum Gasteiger partial charge on any atom is 0.250 e. The Morgan fingerprint density at radius 1 is 1.32 bits per heavy atom. The predicted octanol–water partition coefficient (Wildman–Crippen LogP) is 1.73. The molecule has 5 rings (SSSR count). The van der Waals surface area contributed by atoms with E-state index in [2.05, 4.69) is 15.4 Å². The Morgan fingerprint density at radius 2 is 2.08 bits per heavy atom. The van der Waals surface area contributed by atoms with Crippen LogP contribution in [-0.2, 0) is 4.79 Å². The summed E-state index contributed by atoms with van der Waals surface area (Å²) in [5, 5.41) is 18.2. The van der Waals surface area contributed by atoms with E-state index < -0.39 is 6.10 Å². The van der Waals surface area contributed by atoms with Crippen molar-refractivity contribution in [2.24, 2.45) is 5.41 Å². The van der Waals surface area contributed by atoms with E-state index in [9.17, 15) is 14.3 Å². The van der Waals surface area contributed by atoms with Crippen LogP contribution in [0.1, 0.15) is 38.4 Å². The number of nitrogen functional groups attached to an aromatic ring is 1. The van der Waals surface area contributed by atoms with Crippen molar-refractivity contribution in [3.63, 3.8) is 0 Å². The highest BCUT2D eigenvalue weighted by Crippen LogP contribution is 2.46. The number of pyridine rings is 1. The minimum atomic E-state index is -1.02. The number of amides is 1. The summed E-state index contributed by atoms with van der Waals surface area (Å²) in [6.45, 7) is 4.66. The zero-order valence-electron chi connectivity index (χ0n) is 21.1. The first kappa shape index (κ1) is 25.1. The van der Waals surface area contributed by atoms with Crippen LogP contribution in [0.3, 0.4) is 0 Å². The summed E-state index contributed by atoms with van der Waals surface area (Å²) in [4.78, 5) is 23.0. The van der Waals surface area contributed by atoms with Gasteiger partial charge in [-0.15, -0.1) is 0 Å². The van der Waals surface area contributed by atoms with Gasteiger partial charge in [0, 0.05) is 54.3 Å². The van der Waals surface area contributed by atoms with Gasteiger partial charge in [0.2, 0.25) is 0 Å². The molecule has 11 heteroatoms. The SMILES string of the molecule is [B]c1c(C(C)NCC2(CN(C)C(=O)[C@H](C)O)CC2)nc2c(-c3cnc4ccc(F)cc4c3)cnn2c1N. The van der Waals surface area contributed by atoms with E-state index in [0.717, 1.165) is 18.4 Å². The third kappa shape index (κ3) is 4.76. The molecule has 0 bridgehead atoms. The Labute approximate surface area is 215 Å².